The molecule has 0 aliphatic carbocycles. The van der Waals surface area contributed by atoms with Gasteiger partial charge in [-0.05, 0) is 25.5 Å². The first kappa shape index (κ1) is 17.3. The van der Waals surface area contributed by atoms with E-state index in [9.17, 15) is 0 Å². The molecule has 28 heavy (non-hydrogen) atoms. The summed E-state index contributed by atoms with van der Waals surface area (Å²) in [6.45, 7) is 2.75. The predicted molar refractivity (Wildman–Crippen MR) is 103 cm³/mol. The molecule has 0 saturated carbocycles. The highest BCUT2D eigenvalue weighted by atomic mass is 16.5. The highest BCUT2D eigenvalue weighted by Crippen LogP contribution is 2.35. The van der Waals surface area contributed by atoms with Crippen molar-refractivity contribution in [3.63, 3.8) is 0 Å². The molecule has 0 aromatic carbocycles. The Hall–Kier alpha value is -2.78. The van der Waals surface area contributed by atoms with Crippen molar-refractivity contribution in [1.29, 1.82) is 0 Å². The number of nitrogens with one attached hydrogen (secondary N) is 2. The number of methoxy groups -OCH3 is 1. The van der Waals surface area contributed by atoms with Gasteiger partial charge in [0.2, 0.25) is 5.95 Å². The van der Waals surface area contributed by atoms with E-state index in [1.807, 2.05) is 12.1 Å². The fourth-order valence-electron chi connectivity index (χ4n) is 3.65. The Labute approximate surface area is 162 Å². The normalized spacial score (nSPS) is 22.0. The van der Waals surface area contributed by atoms with Gasteiger partial charge in [0.15, 0.2) is 5.65 Å². The molecular weight excluding hydrogens is 358 g/mol. The van der Waals surface area contributed by atoms with Crippen molar-refractivity contribution in [2.45, 2.75) is 31.4 Å². The summed E-state index contributed by atoms with van der Waals surface area (Å²) < 4.78 is 12.9. The Kier molecular flexibility index (Phi) is 4.53. The van der Waals surface area contributed by atoms with E-state index in [0.717, 1.165) is 56.0 Å². The number of rotatable bonds is 5. The molecule has 9 nitrogen and oxygen atoms in total. The first-order valence-electron chi connectivity index (χ1n) is 9.67. The number of piperidine rings is 1. The van der Waals surface area contributed by atoms with E-state index in [1.165, 1.54) is 0 Å². The van der Waals surface area contributed by atoms with E-state index in [2.05, 4.69) is 20.6 Å². The second-order valence-corrected chi connectivity index (χ2v) is 7.11. The van der Waals surface area contributed by atoms with Gasteiger partial charge in [0, 0.05) is 31.3 Å². The lowest BCUT2D eigenvalue weighted by Gasteiger charge is -2.26. The zero-order chi connectivity index (χ0) is 18.9. The number of nitrogens with zero attached hydrogens (tertiary/aromatic N) is 5. The van der Waals surface area contributed by atoms with Gasteiger partial charge < -0.3 is 20.1 Å². The number of fused-ring (bicyclic) bond motifs is 1. The van der Waals surface area contributed by atoms with Crippen LogP contribution in [0.1, 0.15) is 31.1 Å². The molecule has 0 radical (unpaired) electrons. The minimum atomic E-state index is -0.0315. The van der Waals surface area contributed by atoms with Crippen molar-refractivity contribution in [3.8, 4) is 17.1 Å². The Morgan fingerprint density at radius 1 is 1.32 bits per heavy atom. The number of hydrogen-bond donors (Lipinski definition) is 2. The zero-order valence-corrected chi connectivity index (χ0v) is 15.8. The Balaban J connectivity index is 1.49. The summed E-state index contributed by atoms with van der Waals surface area (Å²) in [7, 11) is 1.64. The maximum atomic E-state index is 5.62. The molecular formula is C19H23N7O2. The molecule has 5 rings (SSSR count). The minimum absolute atomic E-state index is 0.0315. The van der Waals surface area contributed by atoms with Gasteiger partial charge >= 0.3 is 0 Å². The van der Waals surface area contributed by atoms with Crippen molar-refractivity contribution in [1.82, 2.24) is 29.9 Å². The van der Waals surface area contributed by atoms with E-state index in [-0.39, 0.29) is 6.10 Å². The van der Waals surface area contributed by atoms with Gasteiger partial charge in [0.1, 0.15) is 23.2 Å². The van der Waals surface area contributed by atoms with Crippen molar-refractivity contribution in [2.75, 3.05) is 32.1 Å². The van der Waals surface area contributed by atoms with E-state index in [1.54, 1.807) is 24.0 Å². The van der Waals surface area contributed by atoms with Crippen LogP contribution in [0.4, 0.5) is 5.95 Å². The molecule has 0 bridgehead atoms. The first-order chi connectivity index (χ1) is 13.8. The molecule has 2 saturated heterocycles. The van der Waals surface area contributed by atoms with Crippen LogP contribution < -0.4 is 15.4 Å². The summed E-state index contributed by atoms with van der Waals surface area (Å²) in [6, 6.07) is 4.11. The molecule has 2 aliphatic rings. The molecule has 3 aromatic heterocycles. The van der Waals surface area contributed by atoms with Crippen LogP contribution in [0.25, 0.3) is 17.0 Å². The summed E-state index contributed by atoms with van der Waals surface area (Å²) in [5.74, 6) is 1.32. The molecule has 2 atom stereocenters. The summed E-state index contributed by atoms with van der Waals surface area (Å²) in [5, 5.41) is 11.6. The van der Waals surface area contributed by atoms with E-state index in [4.69, 9.17) is 19.6 Å². The highest BCUT2D eigenvalue weighted by Gasteiger charge is 2.27. The number of aromatic nitrogens is 5. The summed E-state index contributed by atoms with van der Waals surface area (Å²) >= 11 is 0. The van der Waals surface area contributed by atoms with Crippen molar-refractivity contribution >= 4 is 11.6 Å². The van der Waals surface area contributed by atoms with Crippen LogP contribution in [-0.4, -0.2) is 57.4 Å². The second-order valence-electron chi connectivity index (χ2n) is 7.11. The molecule has 9 heteroatoms. The molecule has 2 fully saturated rings. The number of imidazole rings is 1. The zero-order valence-electron chi connectivity index (χ0n) is 15.8. The third kappa shape index (κ3) is 3.16. The second kappa shape index (κ2) is 7.33. The largest absolute Gasteiger partial charge is 0.495 e. The lowest BCUT2D eigenvalue weighted by atomic mass is 10.1. The van der Waals surface area contributed by atoms with Crippen LogP contribution in [-0.2, 0) is 4.74 Å². The van der Waals surface area contributed by atoms with E-state index >= 15 is 0 Å². The average molecular weight is 381 g/mol. The molecule has 2 aliphatic heterocycles. The van der Waals surface area contributed by atoms with Gasteiger partial charge in [-0.3, -0.25) is 0 Å². The van der Waals surface area contributed by atoms with Crippen LogP contribution in [0.3, 0.4) is 0 Å². The predicted octanol–water partition coefficient (Wildman–Crippen LogP) is 1.82. The van der Waals surface area contributed by atoms with Crippen LogP contribution in [0.15, 0.2) is 24.5 Å². The first-order valence-corrected chi connectivity index (χ1v) is 9.67. The molecule has 146 valence electrons. The molecule has 5 heterocycles. The van der Waals surface area contributed by atoms with Gasteiger partial charge in [0.05, 0.1) is 25.6 Å². The standard InChI is InChI=1S/C19H23N7O2/c1-27-16-9-17-22-11-14(26(17)25-18(16)15-5-8-28-15)13-4-7-21-19(24-13)23-12-3-2-6-20-10-12/h4,7,9,11-12,15,20H,2-3,5-6,8,10H2,1H3,(H,21,23,24). The molecule has 0 spiro atoms. The quantitative estimate of drug-likeness (QED) is 0.691. The van der Waals surface area contributed by atoms with Gasteiger partial charge in [-0.25, -0.2) is 19.5 Å². The van der Waals surface area contributed by atoms with Crippen molar-refractivity contribution < 1.29 is 9.47 Å². The van der Waals surface area contributed by atoms with Crippen LogP contribution in [0.5, 0.6) is 5.75 Å². The summed E-state index contributed by atoms with van der Waals surface area (Å²) in [5.41, 5.74) is 3.08. The third-order valence-electron chi connectivity index (χ3n) is 5.26. The van der Waals surface area contributed by atoms with Gasteiger partial charge in [0.25, 0.3) is 0 Å². The van der Waals surface area contributed by atoms with Crippen LogP contribution in [0, 0.1) is 0 Å². The third-order valence-corrected chi connectivity index (χ3v) is 5.26. The number of anilines is 1. The average Bonchev–Trinajstić information content (AvgIpc) is 3.10. The smallest absolute Gasteiger partial charge is 0.223 e. The molecule has 2 N–H and O–H groups in total. The molecule has 3 aromatic rings. The lowest BCUT2D eigenvalue weighted by molar-refractivity contribution is -0.0569. The van der Waals surface area contributed by atoms with Crippen molar-refractivity contribution in [3.05, 3.63) is 30.2 Å². The fraction of sp³-hybridized carbons (Fsp3) is 0.474. The SMILES string of the molecule is COc1cc2ncc(-c3ccnc(NC4CCCNC4)n3)n2nc1C1CCO1. The molecule has 2 unspecified atom stereocenters. The monoisotopic (exact) mass is 381 g/mol. The van der Waals surface area contributed by atoms with Crippen LogP contribution in [0.2, 0.25) is 0 Å². The number of hydrogen-bond acceptors (Lipinski definition) is 8. The minimum Gasteiger partial charge on any atom is -0.495 e. The maximum absolute atomic E-state index is 5.62. The number of ether oxygens (including phenoxy) is 2. The fourth-order valence-corrected chi connectivity index (χ4v) is 3.65. The Morgan fingerprint density at radius 2 is 2.25 bits per heavy atom. The highest BCUT2D eigenvalue weighted by molar-refractivity contribution is 5.61. The summed E-state index contributed by atoms with van der Waals surface area (Å²) in [6.07, 6.45) is 6.72. The lowest BCUT2D eigenvalue weighted by Crippen LogP contribution is -2.38. The van der Waals surface area contributed by atoms with Crippen LogP contribution >= 0.6 is 0 Å². The molecule has 0 amide bonds. The Bertz CT molecular complexity index is 980. The topological polar surface area (TPSA) is 98.5 Å². The van der Waals surface area contributed by atoms with Crippen molar-refractivity contribution in [2.24, 2.45) is 0 Å². The van der Waals surface area contributed by atoms with Gasteiger partial charge in [-0.2, -0.15) is 5.10 Å². The van der Waals surface area contributed by atoms with Gasteiger partial charge in [-0.1, -0.05) is 0 Å². The maximum Gasteiger partial charge on any atom is 0.223 e. The van der Waals surface area contributed by atoms with E-state index in [0.29, 0.717) is 23.4 Å². The Morgan fingerprint density at radius 3 is 3.00 bits per heavy atom. The van der Waals surface area contributed by atoms with E-state index < -0.39 is 0 Å². The van der Waals surface area contributed by atoms with Gasteiger partial charge in [-0.15, -0.1) is 0 Å². The summed E-state index contributed by atoms with van der Waals surface area (Å²) in [4.78, 5) is 13.6.